The minimum absolute atomic E-state index is 0.161. The van der Waals surface area contributed by atoms with Crippen LogP contribution in [-0.2, 0) is 6.42 Å². The van der Waals surface area contributed by atoms with Crippen LogP contribution in [0.4, 0.5) is 8.78 Å². The van der Waals surface area contributed by atoms with Gasteiger partial charge in [0.2, 0.25) is 0 Å². The summed E-state index contributed by atoms with van der Waals surface area (Å²) in [6.07, 6.45) is -0.284. The lowest BCUT2D eigenvalue weighted by Gasteiger charge is -2.15. The van der Waals surface area contributed by atoms with Crippen LogP contribution in [0.3, 0.4) is 0 Å². The summed E-state index contributed by atoms with van der Waals surface area (Å²) in [5.41, 5.74) is 3.94. The molecule has 4 aromatic rings. The van der Waals surface area contributed by atoms with E-state index in [1.165, 1.54) is 6.07 Å². The molecule has 1 nitrogen and oxygen atoms in total. The molecule has 0 aliphatic heterocycles. The van der Waals surface area contributed by atoms with Crippen molar-refractivity contribution in [3.63, 3.8) is 0 Å². The summed E-state index contributed by atoms with van der Waals surface area (Å²) in [6.45, 7) is 0. The van der Waals surface area contributed by atoms with E-state index in [9.17, 15) is 13.9 Å². The van der Waals surface area contributed by atoms with Crippen molar-refractivity contribution < 1.29 is 13.9 Å². The minimum Gasteiger partial charge on any atom is -0.384 e. The molecule has 0 radical (unpaired) electrons. The number of aliphatic hydroxyl groups excluding tert-OH is 1. The van der Waals surface area contributed by atoms with E-state index in [-0.39, 0.29) is 5.56 Å². The van der Waals surface area contributed by atoms with Gasteiger partial charge in [-0.2, -0.15) is 0 Å². The van der Waals surface area contributed by atoms with E-state index in [0.29, 0.717) is 16.7 Å². The highest BCUT2D eigenvalue weighted by Gasteiger charge is 2.30. The third-order valence-electron chi connectivity index (χ3n) is 5.20. The summed E-state index contributed by atoms with van der Waals surface area (Å²) in [7, 11) is 0. The molecule has 1 aliphatic carbocycles. The van der Waals surface area contributed by atoms with Gasteiger partial charge in [0.25, 0.3) is 0 Å². The van der Waals surface area contributed by atoms with Gasteiger partial charge in [-0.3, -0.25) is 0 Å². The highest BCUT2D eigenvalue weighted by atomic mass is 32.1. The Bertz CT molecular complexity index is 1180. The van der Waals surface area contributed by atoms with Gasteiger partial charge in [0, 0.05) is 27.3 Å². The summed E-state index contributed by atoms with van der Waals surface area (Å²) >= 11 is 1.57. The second kappa shape index (κ2) is 6.66. The maximum atomic E-state index is 14.9. The van der Waals surface area contributed by atoms with Crippen molar-refractivity contribution in [1.29, 1.82) is 0 Å². The van der Waals surface area contributed by atoms with Gasteiger partial charge in [-0.25, -0.2) is 8.78 Å². The van der Waals surface area contributed by atoms with E-state index in [4.69, 9.17) is 0 Å². The van der Waals surface area contributed by atoms with Crippen LogP contribution >= 0.6 is 11.3 Å². The summed E-state index contributed by atoms with van der Waals surface area (Å²) in [6, 6.07) is 22.1. The van der Waals surface area contributed by atoms with Crippen LogP contribution in [0.15, 0.2) is 72.8 Å². The van der Waals surface area contributed by atoms with Crippen LogP contribution in [-0.4, -0.2) is 5.11 Å². The van der Waals surface area contributed by atoms with Gasteiger partial charge in [-0.05, 0) is 34.4 Å². The Labute approximate surface area is 165 Å². The van der Waals surface area contributed by atoms with E-state index in [0.717, 1.165) is 33.4 Å². The molecule has 4 heteroatoms. The number of fused-ring (bicyclic) bond motifs is 5. The summed E-state index contributed by atoms with van der Waals surface area (Å²) in [4.78, 5) is 1.93. The minimum atomic E-state index is -1.00. The summed E-state index contributed by atoms with van der Waals surface area (Å²) in [5, 5.41) is 10.9. The molecule has 1 aromatic heterocycles. The zero-order valence-corrected chi connectivity index (χ0v) is 15.6. The molecule has 1 heterocycles. The number of rotatable bonds is 2. The smallest absolute Gasteiger partial charge is 0.167 e. The second-order valence-electron chi connectivity index (χ2n) is 6.93. The van der Waals surface area contributed by atoms with Gasteiger partial charge in [0.1, 0.15) is 6.10 Å². The van der Waals surface area contributed by atoms with E-state index < -0.39 is 17.7 Å². The Kier molecular flexibility index (Phi) is 4.11. The van der Waals surface area contributed by atoms with Gasteiger partial charge in [-0.15, -0.1) is 11.3 Å². The van der Waals surface area contributed by atoms with Gasteiger partial charge in [0.15, 0.2) is 11.6 Å². The van der Waals surface area contributed by atoms with Gasteiger partial charge < -0.3 is 5.11 Å². The van der Waals surface area contributed by atoms with Crippen molar-refractivity contribution in [2.75, 3.05) is 0 Å². The molecule has 0 saturated carbocycles. The van der Waals surface area contributed by atoms with Crippen molar-refractivity contribution >= 4 is 11.3 Å². The number of thiophene rings is 1. The van der Waals surface area contributed by atoms with Crippen LogP contribution in [0.1, 0.15) is 27.7 Å². The number of aliphatic hydroxyl groups is 1. The molecular weight excluding hydrogens is 374 g/mol. The Morgan fingerprint density at radius 3 is 2.39 bits per heavy atom. The van der Waals surface area contributed by atoms with Crippen molar-refractivity contribution in [3.05, 3.63) is 106 Å². The average molecular weight is 390 g/mol. The Hall–Kier alpha value is -2.82. The average Bonchev–Trinajstić information content (AvgIpc) is 3.09. The van der Waals surface area contributed by atoms with Crippen LogP contribution in [0.2, 0.25) is 0 Å². The lowest BCUT2D eigenvalue weighted by Crippen LogP contribution is -2.03. The topological polar surface area (TPSA) is 20.2 Å². The fourth-order valence-corrected chi connectivity index (χ4v) is 5.13. The Morgan fingerprint density at radius 2 is 1.57 bits per heavy atom. The SMILES string of the molecule is OC1c2ccccc2-c2sc(Cc3ccccc3)cc2-c2c1ccc(F)c2F. The summed E-state index contributed by atoms with van der Waals surface area (Å²) in [5.74, 6) is -1.81. The lowest BCUT2D eigenvalue weighted by molar-refractivity contribution is 0.221. The van der Waals surface area contributed by atoms with Gasteiger partial charge in [-0.1, -0.05) is 60.7 Å². The largest absolute Gasteiger partial charge is 0.384 e. The molecular formula is C24H16F2OS. The Morgan fingerprint density at radius 1 is 0.821 bits per heavy atom. The standard InChI is InChI=1S/C24H16F2OS/c25-20-11-10-18-21(22(20)26)19-13-15(12-14-6-2-1-3-7-14)28-24(19)17-9-5-4-8-16(17)23(18)27/h1-11,13,23,27H,12H2. The molecule has 0 spiro atoms. The molecule has 1 N–H and O–H groups in total. The molecule has 0 bridgehead atoms. The highest BCUT2D eigenvalue weighted by molar-refractivity contribution is 7.16. The normalized spacial score (nSPS) is 14.8. The van der Waals surface area contributed by atoms with Gasteiger partial charge in [0.05, 0.1) is 0 Å². The number of benzene rings is 3. The van der Waals surface area contributed by atoms with E-state index in [2.05, 4.69) is 12.1 Å². The first-order valence-electron chi connectivity index (χ1n) is 9.05. The number of hydrogen-bond donors (Lipinski definition) is 1. The van der Waals surface area contributed by atoms with Crippen molar-refractivity contribution in [2.45, 2.75) is 12.5 Å². The predicted octanol–water partition coefficient (Wildman–Crippen LogP) is 6.35. The first-order chi connectivity index (χ1) is 13.6. The maximum Gasteiger partial charge on any atom is 0.167 e. The second-order valence-corrected chi connectivity index (χ2v) is 8.07. The molecule has 1 unspecified atom stereocenters. The zero-order chi connectivity index (χ0) is 19.3. The molecule has 0 saturated heterocycles. The quantitative estimate of drug-likeness (QED) is 0.423. The molecule has 0 fully saturated rings. The molecule has 1 atom stereocenters. The number of hydrogen-bond acceptors (Lipinski definition) is 2. The highest BCUT2D eigenvalue weighted by Crippen LogP contribution is 2.49. The van der Waals surface area contributed by atoms with E-state index in [1.807, 2.05) is 48.5 Å². The van der Waals surface area contributed by atoms with Crippen molar-refractivity contribution in [3.8, 4) is 21.6 Å². The van der Waals surface area contributed by atoms with Crippen molar-refractivity contribution in [2.24, 2.45) is 0 Å². The monoisotopic (exact) mass is 390 g/mol. The fourth-order valence-electron chi connectivity index (χ4n) is 3.89. The molecule has 0 amide bonds. The maximum absolute atomic E-state index is 14.9. The third-order valence-corrected chi connectivity index (χ3v) is 6.36. The van der Waals surface area contributed by atoms with Gasteiger partial charge >= 0.3 is 0 Å². The summed E-state index contributed by atoms with van der Waals surface area (Å²) < 4.78 is 29.0. The van der Waals surface area contributed by atoms with Crippen LogP contribution < -0.4 is 0 Å². The zero-order valence-electron chi connectivity index (χ0n) is 14.8. The first-order valence-corrected chi connectivity index (χ1v) is 9.87. The first kappa shape index (κ1) is 17.3. The molecule has 138 valence electrons. The van der Waals surface area contributed by atoms with E-state index >= 15 is 0 Å². The third kappa shape index (κ3) is 2.68. The molecule has 1 aliphatic rings. The number of halogens is 2. The fraction of sp³-hybridized carbons (Fsp3) is 0.0833. The van der Waals surface area contributed by atoms with Crippen LogP contribution in [0.25, 0.3) is 21.6 Å². The lowest BCUT2D eigenvalue weighted by atomic mass is 9.95. The van der Waals surface area contributed by atoms with Crippen LogP contribution in [0.5, 0.6) is 0 Å². The molecule has 3 aromatic carbocycles. The van der Waals surface area contributed by atoms with E-state index in [1.54, 1.807) is 11.3 Å². The predicted molar refractivity (Wildman–Crippen MR) is 108 cm³/mol. The van der Waals surface area contributed by atoms with Crippen LogP contribution in [0, 0.1) is 11.6 Å². The van der Waals surface area contributed by atoms with Crippen molar-refractivity contribution in [1.82, 2.24) is 0 Å². The molecule has 5 rings (SSSR count). The Balaban J connectivity index is 1.77. The molecule has 28 heavy (non-hydrogen) atoms.